The smallest absolute Gasteiger partial charge is 0.254 e. The Kier molecular flexibility index (Phi) is 6.20. The van der Waals surface area contributed by atoms with Gasteiger partial charge in [0.05, 0.1) is 39.8 Å². The van der Waals surface area contributed by atoms with Gasteiger partial charge in [0.25, 0.3) is 5.91 Å². The lowest BCUT2D eigenvalue weighted by Gasteiger charge is -2.41. The average Bonchev–Trinajstić information content (AvgIpc) is 3.37. The summed E-state index contributed by atoms with van der Waals surface area (Å²) in [6.07, 6.45) is 4.71. The molecule has 2 unspecified atom stereocenters. The first-order valence-corrected chi connectivity index (χ1v) is 10.00. The standard InChI is InChI=1S/C23H25N3O5/c1-29-19-8-5-17(13-20(19)30-2)22-21(14-27)31-12-11-26(22)23(28)16-3-6-18(7-4-16)25-10-9-24-15-25/h3-10,13,15,21-22,27H,11-12,14H2,1-2H3. The molecular weight excluding hydrogens is 398 g/mol. The lowest BCUT2D eigenvalue weighted by molar-refractivity contribution is -0.0811. The third kappa shape index (κ3) is 4.12. The first-order chi connectivity index (χ1) is 15.2. The molecule has 1 fully saturated rings. The van der Waals surface area contributed by atoms with Crippen molar-refractivity contribution in [1.29, 1.82) is 0 Å². The van der Waals surface area contributed by atoms with Crippen molar-refractivity contribution in [1.82, 2.24) is 14.5 Å². The number of methoxy groups -OCH3 is 2. The minimum Gasteiger partial charge on any atom is -0.493 e. The fraction of sp³-hybridized carbons (Fsp3) is 0.304. The average molecular weight is 423 g/mol. The molecule has 8 heteroatoms. The van der Waals surface area contributed by atoms with E-state index in [0.29, 0.717) is 30.2 Å². The van der Waals surface area contributed by atoms with Crippen LogP contribution in [0.15, 0.2) is 61.2 Å². The van der Waals surface area contributed by atoms with Crippen LogP contribution in [0.2, 0.25) is 0 Å². The maximum atomic E-state index is 13.4. The van der Waals surface area contributed by atoms with Gasteiger partial charge in [-0.1, -0.05) is 6.07 Å². The zero-order valence-electron chi connectivity index (χ0n) is 17.5. The van der Waals surface area contributed by atoms with Gasteiger partial charge < -0.3 is 28.8 Å². The van der Waals surface area contributed by atoms with Crippen molar-refractivity contribution >= 4 is 5.91 Å². The number of imidazole rings is 1. The SMILES string of the molecule is COc1ccc(C2C(CO)OCCN2C(=O)c2ccc(-n3ccnc3)cc2)cc1OC. The number of benzene rings is 2. The highest BCUT2D eigenvalue weighted by Crippen LogP contribution is 2.36. The second kappa shape index (κ2) is 9.20. The van der Waals surface area contributed by atoms with Crippen LogP contribution in [-0.2, 0) is 4.74 Å². The lowest BCUT2D eigenvalue weighted by atomic mass is 9.96. The highest BCUT2D eigenvalue weighted by molar-refractivity contribution is 5.94. The molecule has 0 spiro atoms. The molecule has 1 aliphatic rings. The number of hydrogen-bond acceptors (Lipinski definition) is 6. The summed E-state index contributed by atoms with van der Waals surface area (Å²) in [7, 11) is 3.13. The van der Waals surface area contributed by atoms with Crippen molar-refractivity contribution in [2.75, 3.05) is 34.0 Å². The predicted octanol–water partition coefficient (Wildman–Crippen LogP) is 2.46. The number of aliphatic hydroxyl groups excluding tert-OH is 1. The van der Waals surface area contributed by atoms with Crippen molar-refractivity contribution in [2.45, 2.75) is 12.1 Å². The molecule has 0 bridgehead atoms. The van der Waals surface area contributed by atoms with Gasteiger partial charge in [0, 0.05) is 30.2 Å². The Morgan fingerprint density at radius 1 is 1.16 bits per heavy atom. The topological polar surface area (TPSA) is 86.0 Å². The number of morpholine rings is 1. The summed E-state index contributed by atoms with van der Waals surface area (Å²) in [5.41, 5.74) is 2.29. The summed E-state index contributed by atoms with van der Waals surface area (Å²) in [6, 6.07) is 12.4. The van der Waals surface area contributed by atoms with E-state index < -0.39 is 12.1 Å². The molecule has 0 radical (unpaired) electrons. The Morgan fingerprint density at radius 2 is 1.94 bits per heavy atom. The summed E-state index contributed by atoms with van der Waals surface area (Å²) in [5.74, 6) is 1.02. The van der Waals surface area contributed by atoms with Crippen LogP contribution < -0.4 is 9.47 Å². The van der Waals surface area contributed by atoms with Crippen LogP contribution in [0.4, 0.5) is 0 Å². The molecule has 1 aromatic heterocycles. The first-order valence-electron chi connectivity index (χ1n) is 10.00. The summed E-state index contributed by atoms with van der Waals surface area (Å²) >= 11 is 0. The van der Waals surface area contributed by atoms with Crippen LogP contribution in [0, 0.1) is 0 Å². The number of aromatic nitrogens is 2. The molecule has 0 aliphatic carbocycles. The molecular formula is C23H25N3O5. The molecule has 1 aliphatic heterocycles. The molecule has 31 heavy (non-hydrogen) atoms. The third-order valence-electron chi connectivity index (χ3n) is 5.46. The number of carbonyl (C=O) groups excluding carboxylic acids is 1. The van der Waals surface area contributed by atoms with Gasteiger partial charge in [-0.15, -0.1) is 0 Å². The Hall–Kier alpha value is -3.36. The summed E-state index contributed by atoms with van der Waals surface area (Å²) in [6.45, 7) is 0.563. The number of rotatable bonds is 6. The maximum Gasteiger partial charge on any atom is 0.254 e. The van der Waals surface area contributed by atoms with Gasteiger partial charge in [-0.05, 0) is 42.0 Å². The molecule has 8 nitrogen and oxygen atoms in total. The summed E-state index contributed by atoms with van der Waals surface area (Å²) in [4.78, 5) is 19.2. The van der Waals surface area contributed by atoms with E-state index in [4.69, 9.17) is 14.2 Å². The van der Waals surface area contributed by atoms with Crippen LogP contribution in [0.25, 0.3) is 5.69 Å². The van der Waals surface area contributed by atoms with Crippen LogP contribution in [0.5, 0.6) is 11.5 Å². The number of nitrogens with zero attached hydrogens (tertiary/aromatic N) is 3. The van der Waals surface area contributed by atoms with E-state index in [1.807, 2.05) is 35.0 Å². The fourth-order valence-corrected chi connectivity index (χ4v) is 3.90. The zero-order valence-corrected chi connectivity index (χ0v) is 17.5. The largest absolute Gasteiger partial charge is 0.493 e. The van der Waals surface area contributed by atoms with Gasteiger partial charge in [-0.2, -0.15) is 0 Å². The van der Waals surface area contributed by atoms with E-state index in [0.717, 1.165) is 11.3 Å². The fourth-order valence-electron chi connectivity index (χ4n) is 3.90. The van der Waals surface area contributed by atoms with Gasteiger partial charge in [-0.25, -0.2) is 4.98 Å². The lowest BCUT2D eigenvalue weighted by Crippen LogP contribution is -2.49. The van der Waals surface area contributed by atoms with E-state index in [9.17, 15) is 9.90 Å². The number of aliphatic hydroxyl groups is 1. The molecule has 2 heterocycles. The first kappa shape index (κ1) is 20.9. The van der Waals surface area contributed by atoms with E-state index in [1.165, 1.54) is 0 Å². The highest BCUT2D eigenvalue weighted by Gasteiger charge is 2.37. The molecule has 4 rings (SSSR count). The van der Waals surface area contributed by atoms with E-state index in [-0.39, 0.29) is 12.5 Å². The number of hydrogen-bond donors (Lipinski definition) is 1. The minimum absolute atomic E-state index is 0.126. The Bertz CT molecular complexity index is 1020. The van der Waals surface area contributed by atoms with Crippen molar-refractivity contribution in [3.63, 3.8) is 0 Å². The molecule has 1 saturated heterocycles. The van der Waals surface area contributed by atoms with E-state index >= 15 is 0 Å². The molecule has 2 aromatic carbocycles. The van der Waals surface area contributed by atoms with Crippen molar-refractivity contribution < 1.29 is 24.1 Å². The molecule has 0 saturated carbocycles. The monoisotopic (exact) mass is 423 g/mol. The second-order valence-electron chi connectivity index (χ2n) is 7.17. The van der Waals surface area contributed by atoms with Crippen LogP contribution >= 0.6 is 0 Å². The summed E-state index contributed by atoms with van der Waals surface area (Å²) < 4.78 is 18.4. The minimum atomic E-state index is -0.541. The van der Waals surface area contributed by atoms with Gasteiger partial charge in [0.15, 0.2) is 11.5 Å². The number of ether oxygens (including phenoxy) is 3. The quantitative estimate of drug-likeness (QED) is 0.656. The van der Waals surface area contributed by atoms with Crippen LogP contribution in [0.3, 0.4) is 0 Å². The maximum absolute atomic E-state index is 13.4. The number of amides is 1. The molecule has 2 atom stereocenters. The van der Waals surface area contributed by atoms with Gasteiger partial charge in [-0.3, -0.25) is 4.79 Å². The van der Waals surface area contributed by atoms with Crippen molar-refractivity contribution in [3.8, 4) is 17.2 Å². The number of carbonyl (C=O) groups is 1. The predicted molar refractivity (Wildman–Crippen MR) is 114 cm³/mol. The zero-order chi connectivity index (χ0) is 21.8. The molecule has 162 valence electrons. The normalized spacial score (nSPS) is 18.6. The van der Waals surface area contributed by atoms with Gasteiger partial charge >= 0.3 is 0 Å². The van der Waals surface area contributed by atoms with E-state index in [1.54, 1.807) is 49.8 Å². The molecule has 1 amide bonds. The second-order valence-corrected chi connectivity index (χ2v) is 7.17. The van der Waals surface area contributed by atoms with Crippen LogP contribution in [-0.4, -0.2) is 65.5 Å². The van der Waals surface area contributed by atoms with Gasteiger partial charge in [0.2, 0.25) is 0 Å². The highest BCUT2D eigenvalue weighted by atomic mass is 16.5. The molecule has 3 aromatic rings. The molecule has 1 N–H and O–H groups in total. The Morgan fingerprint density at radius 3 is 2.58 bits per heavy atom. The Balaban J connectivity index is 1.65. The van der Waals surface area contributed by atoms with Crippen LogP contribution in [0.1, 0.15) is 22.0 Å². The summed E-state index contributed by atoms with van der Waals surface area (Å²) in [5, 5.41) is 9.93. The van der Waals surface area contributed by atoms with Crippen molar-refractivity contribution in [3.05, 3.63) is 72.3 Å². The Labute approximate surface area is 180 Å². The van der Waals surface area contributed by atoms with Crippen molar-refractivity contribution in [2.24, 2.45) is 0 Å². The van der Waals surface area contributed by atoms with Gasteiger partial charge in [0.1, 0.15) is 6.10 Å². The van der Waals surface area contributed by atoms with E-state index in [2.05, 4.69) is 4.98 Å². The third-order valence-corrected chi connectivity index (χ3v) is 5.46.